The summed E-state index contributed by atoms with van der Waals surface area (Å²) in [6, 6.07) is 0.523. The fourth-order valence-electron chi connectivity index (χ4n) is 3.12. The molecule has 0 amide bonds. The molecule has 114 valence electrons. The van der Waals surface area contributed by atoms with Gasteiger partial charge in [0.1, 0.15) is 11.3 Å². The molecule has 5 heteroatoms. The summed E-state index contributed by atoms with van der Waals surface area (Å²) in [7, 11) is 1.64. The number of aryl methyl sites for hydroxylation is 1. The SMILES string of the molecule is CCn1ncc(OC)c1C1(O)CCCN(C(C)C)CC1. The molecule has 1 aliphatic heterocycles. The minimum atomic E-state index is -0.832. The molecular weight excluding hydrogens is 254 g/mol. The van der Waals surface area contributed by atoms with E-state index < -0.39 is 5.60 Å². The molecule has 1 saturated heterocycles. The van der Waals surface area contributed by atoms with E-state index in [1.54, 1.807) is 13.3 Å². The van der Waals surface area contributed by atoms with Gasteiger partial charge in [-0.2, -0.15) is 5.10 Å². The first-order valence-electron chi connectivity index (χ1n) is 7.58. The number of hydrogen-bond acceptors (Lipinski definition) is 4. The topological polar surface area (TPSA) is 50.5 Å². The van der Waals surface area contributed by atoms with Crippen LogP contribution in [-0.4, -0.2) is 46.0 Å². The lowest BCUT2D eigenvalue weighted by Crippen LogP contribution is -2.34. The third-order valence-electron chi connectivity index (χ3n) is 4.34. The summed E-state index contributed by atoms with van der Waals surface area (Å²) in [5.74, 6) is 0.701. The zero-order valence-corrected chi connectivity index (χ0v) is 13.1. The minimum absolute atomic E-state index is 0.523. The van der Waals surface area contributed by atoms with Crippen LogP contribution in [0.25, 0.3) is 0 Å². The third-order valence-corrected chi connectivity index (χ3v) is 4.34. The van der Waals surface area contributed by atoms with Gasteiger partial charge in [0.25, 0.3) is 0 Å². The van der Waals surface area contributed by atoms with E-state index in [0.717, 1.165) is 44.6 Å². The van der Waals surface area contributed by atoms with Gasteiger partial charge in [0.15, 0.2) is 5.75 Å². The van der Waals surface area contributed by atoms with Crippen LogP contribution >= 0.6 is 0 Å². The largest absolute Gasteiger partial charge is 0.493 e. The maximum absolute atomic E-state index is 11.2. The van der Waals surface area contributed by atoms with E-state index in [4.69, 9.17) is 4.74 Å². The summed E-state index contributed by atoms with van der Waals surface area (Å²) in [6.45, 7) is 9.16. The Morgan fingerprint density at radius 1 is 1.40 bits per heavy atom. The monoisotopic (exact) mass is 281 g/mol. The van der Waals surface area contributed by atoms with Crippen molar-refractivity contribution in [3.63, 3.8) is 0 Å². The van der Waals surface area contributed by atoms with E-state index >= 15 is 0 Å². The van der Waals surface area contributed by atoms with Gasteiger partial charge in [0, 0.05) is 19.1 Å². The number of nitrogens with zero attached hydrogens (tertiary/aromatic N) is 3. The molecule has 20 heavy (non-hydrogen) atoms. The summed E-state index contributed by atoms with van der Waals surface area (Å²) in [5.41, 5.74) is 0.00899. The highest BCUT2D eigenvalue weighted by Crippen LogP contribution is 2.38. The fourth-order valence-corrected chi connectivity index (χ4v) is 3.12. The molecule has 1 aliphatic rings. The van der Waals surface area contributed by atoms with Crippen molar-refractivity contribution >= 4 is 0 Å². The molecule has 0 spiro atoms. The average molecular weight is 281 g/mol. The highest BCUT2D eigenvalue weighted by atomic mass is 16.5. The van der Waals surface area contributed by atoms with Crippen LogP contribution in [0, 0.1) is 0 Å². The number of rotatable bonds is 4. The van der Waals surface area contributed by atoms with Gasteiger partial charge in [0.05, 0.1) is 13.3 Å². The second kappa shape index (κ2) is 6.14. The highest BCUT2D eigenvalue weighted by Gasteiger charge is 2.38. The van der Waals surface area contributed by atoms with E-state index in [2.05, 4.69) is 23.8 Å². The van der Waals surface area contributed by atoms with Crippen LogP contribution in [-0.2, 0) is 12.1 Å². The van der Waals surface area contributed by atoms with E-state index in [9.17, 15) is 5.11 Å². The van der Waals surface area contributed by atoms with Crippen molar-refractivity contribution in [3.05, 3.63) is 11.9 Å². The van der Waals surface area contributed by atoms with Crippen LogP contribution in [0.3, 0.4) is 0 Å². The van der Waals surface area contributed by atoms with Crippen LogP contribution in [0.5, 0.6) is 5.75 Å². The minimum Gasteiger partial charge on any atom is -0.493 e. The summed E-state index contributed by atoms with van der Waals surface area (Å²) >= 11 is 0. The van der Waals surface area contributed by atoms with Crippen molar-refractivity contribution < 1.29 is 9.84 Å². The first-order valence-corrected chi connectivity index (χ1v) is 7.58. The molecule has 1 aromatic heterocycles. The predicted molar refractivity (Wildman–Crippen MR) is 78.9 cm³/mol. The molecule has 1 atom stereocenters. The first-order chi connectivity index (χ1) is 9.51. The Bertz CT molecular complexity index is 423. The molecule has 1 aromatic rings. The smallest absolute Gasteiger partial charge is 0.162 e. The van der Waals surface area contributed by atoms with Gasteiger partial charge >= 0.3 is 0 Å². The van der Waals surface area contributed by atoms with Gasteiger partial charge in [-0.25, -0.2) is 0 Å². The lowest BCUT2D eigenvalue weighted by Gasteiger charge is -2.29. The molecule has 0 bridgehead atoms. The van der Waals surface area contributed by atoms with Crippen molar-refractivity contribution in [1.82, 2.24) is 14.7 Å². The Morgan fingerprint density at radius 3 is 2.75 bits per heavy atom. The van der Waals surface area contributed by atoms with Crippen molar-refractivity contribution in [2.75, 3.05) is 20.2 Å². The maximum Gasteiger partial charge on any atom is 0.162 e. The van der Waals surface area contributed by atoms with E-state index in [1.165, 1.54) is 0 Å². The van der Waals surface area contributed by atoms with Gasteiger partial charge in [-0.3, -0.25) is 4.68 Å². The van der Waals surface area contributed by atoms with Crippen LogP contribution in [0.1, 0.15) is 45.7 Å². The van der Waals surface area contributed by atoms with Crippen molar-refractivity contribution in [2.45, 2.75) is 58.2 Å². The molecular formula is C15H27N3O2. The van der Waals surface area contributed by atoms with Gasteiger partial charge in [-0.1, -0.05) is 0 Å². The Balaban J connectivity index is 2.28. The number of aliphatic hydroxyl groups is 1. The van der Waals surface area contributed by atoms with Crippen LogP contribution in [0.2, 0.25) is 0 Å². The highest BCUT2D eigenvalue weighted by molar-refractivity contribution is 5.31. The first kappa shape index (κ1) is 15.3. The number of ether oxygens (including phenoxy) is 1. The Hall–Kier alpha value is -1.07. The zero-order valence-electron chi connectivity index (χ0n) is 13.1. The molecule has 2 heterocycles. The summed E-state index contributed by atoms with van der Waals surface area (Å²) in [6.07, 6.45) is 4.19. The summed E-state index contributed by atoms with van der Waals surface area (Å²) in [5, 5.41) is 15.5. The van der Waals surface area contributed by atoms with Crippen molar-refractivity contribution in [2.24, 2.45) is 0 Å². The normalized spacial score (nSPS) is 24.9. The molecule has 1 fully saturated rings. The average Bonchev–Trinajstić information content (AvgIpc) is 2.75. The second-order valence-corrected chi connectivity index (χ2v) is 5.89. The summed E-state index contributed by atoms with van der Waals surface area (Å²) < 4.78 is 7.27. The van der Waals surface area contributed by atoms with Crippen molar-refractivity contribution in [1.29, 1.82) is 0 Å². The molecule has 1 unspecified atom stereocenters. The van der Waals surface area contributed by atoms with Crippen LogP contribution in [0.15, 0.2) is 6.20 Å². The van der Waals surface area contributed by atoms with Gasteiger partial charge in [-0.15, -0.1) is 0 Å². The van der Waals surface area contributed by atoms with Gasteiger partial charge < -0.3 is 14.7 Å². The number of aromatic nitrogens is 2. The Labute approximate surface area is 121 Å². The lowest BCUT2D eigenvalue weighted by atomic mass is 9.90. The van der Waals surface area contributed by atoms with Crippen molar-refractivity contribution in [3.8, 4) is 5.75 Å². The Morgan fingerprint density at radius 2 is 2.15 bits per heavy atom. The van der Waals surface area contributed by atoms with Crippen LogP contribution in [0.4, 0.5) is 0 Å². The molecule has 0 aromatic carbocycles. The third kappa shape index (κ3) is 2.83. The standard InChI is InChI=1S/C15H27N3O2/c1-5-18-14(13(20-4)11-16-18)15(19)7-6-9-17(10-8-15)12(2)3/h11-12,19H,5-10H2,1-4H3. The van der Waals surface area contributed by atoms with E-state index in [-0.39, 0.29) is 0 Å². The molecule has 0 radical (unpaired) electrons. The molecule has 0 saturated carbocycles. The lowest BCUT2D eigenvalue weighted by molar-refractivity contribution is 0.00963. The van der Waals surface area contributed by atoms with Gasteiger partial charge in [-0.05, 0) is 46.6 Å². The Kier molecular flexibility index (Phi) is 4.70. The summed E-state index contributed by atoms with van der Waals surface area (Å²) in [4.78, 5) is 2.43. The maximum atomic E-state index is 11.2. The van der Waals surface area contributed by atoms with Gasteiger partial charge in [0.2, 0.25) is 0 Å². The molecule has 1 N–H and O–H groups in total. The zero-order chi connectivity index (χ0) is 14.8. The molecule has 0 aliphatic carbocycles. The van der Waals surface area contributed by atoms with E-state index in [1.807, 2.05) is 11.6 Å². The molecule has 2 rings (SSSR count). The number of hydrogen-bond donors (Lipinski definition) is 1. The van der Waals surface area contributed by atoms with Crippen LogP contribution < -0.4 is 4.74 Å². The van der Waals surface area contributed by atoms with E-state index in [0.29, 0.717) is 11.8 Å². The second-order valence-electron chi connectivity index (χ2n) is 5.89. The predicted octanol–water partition coefficient (Wildman–Crippen LogP) is 1.99. The molecule has 5 nitrogen and oxygen atoms in total. The fraction of sp³-hybridized carbons (Fsp3) is 0.800. The quantitative estimate of drug-likeness (QED) is 0.917. The number of likely N-dealkylation sites (tertiary alicyclic amines) is 1. The number of methoxy groups -OCH3 is 1.